The lowest BCUT2D eigenvalue weighted by Gasteiger charge is -2.16. The monoisotopic (exact) mass is 235 g/mol. The summed E-state index contributed by atoms with van der Waals surface area (Å²) in [6, 6.07) is 0. The van der Waals surface area contributed by atoms with Gasteiger partial charge in [0.15, 0.2) is 0 Å². The quantitative estimate of drug-likeness (QED) is 0.863. The topological polar surface area (TPSA) is 49.0 Å². The third-order valence-corrected chi connectivity index (χ3v) is 1.99. The smallest absolute Gasteiger partial charge is 0.347 e. The van der Waals surface area contributed by atoms with E-state index in [1.807, 2.05) is 0 Å². The number of aromatic amines is 1. The van der Waals surface area contributed by atoms with Gasteiger partial charge in [0.05, 0.1) is 13.0 Å². The number of amides is 1. The van der Waals surface area contributed by atoms with Gasteiger partial charge in [-0.2, -0.15) is 13.2 Å². The summed E-state index contributed by atoms with van der Waals surface area (Å²) in [6.07, 6.45) is -2.80. The molecule has 16 heavy (non-hydrogen) atoms. The summed E-state index contributed by atoms with van der Waals surface area (Å²) in [5.41, 5.74) is 0. The van der Waals surface area contributed by atoms with E-state index in [9.17, 15) is 18.0 Å². The number of aromatic nitrogens is 2. The molecule has 0 spiro atoms. The number of carbonyl (C=O) groups is 1. The van der Waals surface area contributed by atoms with Gasteiger partial charge in [0.25, 0.3) is 0 Å². The first kappa shape index (κ1) is 12.5. The first-order valence-corrected chi connectivity index (χ1v) is 4.67. The van der Waals surface area contributed by atoms with Crippen molar-refractivity contribution in [3.63, 3.8) is 0 Å². The number of imidazole rings is 1. The Labute approximate surface area is 90.5 Å². The van der Waals surface area contributed by atoms with Crippen molar-refractivity contribution < 1.29 is 18.0 Å². The molecule has 0 aliphatic rings. The van der Waals surface area contributed by atoms with Crippen LogP contribution in [-0.2, 0) is 11.3 Å². The third-order valence-electron chi connectivity index (χ3n) is 1.99. The Morgan fingerprint density at radius 1 is 1.56 bits per heavy atom. The SMILES string of the molecule is CN(Cc1ncc[nH]1)C(=O)CCC(F)(F)F. The van der Waals surface area contributed by atoms with E-state index in [0.29, 0.717) is 5.82 Å². The summed E-state index contributed by atoms with van der Waals surface area (Å²) in [7, 11) is 1.45. The summed E-state index contributed by atoms with van der Waals surface area (Å²) >= 11 is 0. The Morgan fingerprint density at radius 2 is 2.25 bits per heavy atom. The molecule has 0 bridgehead atoms. The van der Waals surface area contributed by atoms with E-state index in [0.717, 1.165) is 0 Å². The van der Waals surface area contributed by atoms with Crippen molar-refractivity contribution in [2.45, 2.75) is 25.6 Å². The van der Waals surface area contributed by atoms with Crippen LogP contribution in [0.5, 0.6) is 0 Å². The van der Waals surface area contributed by atoms with Crippen LogP contribution in [-0.4, -0.2) is 34.0 Å². The van der Waals surface area contributed by atoms with E-state index in [1.54, 1.807) is 6.20 Å². The maximum Gasteiger partial charge on any atom is 0.389 e. The average Bonchev–Trinajstić information content (AvgIpc) is 2.65. The van der Waals surface area contributed by atoms with Gasteiger partial charge in [-0.25, -0.2) is 4.98 Å². The van der Waals surface area contributed by atoms with Gasteiger partial charge < -0.3 is 9.88 Å². The van der Waals surface area contributed by atoms with Gasteiger partial charge in [-0.05, 0) is 0 Å². The summed E-state index contributed by atoms with van der Waals surface area (Å²) in [5, 5.41) is 0. The Balaban J connectivity index is 2.37. The molecule has 0 aliphatic carbocycles. The van der Waals surface area contributed by atoms with Crippen LogP contribution in [0.15, 0.2) is 12.4 Å². The van der Waals surface area contributed by atoms with E-state index in [4.69, 9.17) is 0 Å². The molecule has 0 saturated heterocycles. The van der Waals surface area contributed by atoms with Crippen molar-refractivity contribution in [1.29, 1.82) is 0 Å². The Kier molecular flexibility index (Phi) is 3.92. The van der Waals surface area contributed by atoms with Crippen molar-refractivity contribution in [3.05, 3.63) is 18.2 Å². The predicted molar refractivity (Wildman–Crippen MR) is 50.4 cm³/mol. The minimum Gasteiger partial charge on any atom is -0.347 e. The van der Waals surface area contributed by atoms with Crippen LogP contribution in [0.1, 0.15) is 18.7 Å². The molecule has 90 valence electrons. The minimum absolute atomic E-state index is 0.184. The molecular formula is C9H12F3N3O. The third kappa shape index (κ3) is 4.33. The molecule has 0 aromatic carbocycles. The number of nitrogens with zero attached hydrogens (tertiary/aromatic N) is 2. The lowest BCUT2D eigenvalue weighted by Crippen LogP contribution is -2.27. The normalized spacial score (nSPS) is 11.5. The fraction of sp³-hybridized carbons (Fsp3) is 0.556. The molecule has 0 radical (unpaired) electrons. The second-order valence-electron chi connectivity index (χ2n) is 3.40. The molecule has 1 aromatic rings. The van der Waals surface area contributed by atoms with E-state index in [1.165, 1.54) is 18.1 Å². The molecule has 1 aromatic heterocycles. The highest BCUT2D eigenvalue weighted by Gasteiger charge is 2.28. The molecule has 0 fully saturated rings. The number of H-pyrrole nitrogens is 1. The van der Waals surface area contributed by atoms with E-state index < -0.39 is 24.9 Å². The summed E-state index contributed by atoms with van der Waals surface area (Å²) in [5.74, 6) is -0.00316. The zero-order valence-corrected chi connectivity index (χ0v) is 8.71. The number of nitrogens with one attached hydrogen (secondary N) is 1. The van der Waals surface area contributed by atoms with Crippen LogP contribution < -0.4 is 0 Å². The molecule has 1 rings (SSSR count). The summed E-state index contributed by atoms with van der Waals surface area (Å²) < 4.78 is 35.6. The van der Waals surface area contributed by atoms with Crippen LogP contribution >= 0.6 is 0 Å². The van der Waals surface area contributed by atoms with Crippen molar-refractivity contribution in [1.82, 2.24) is 14.9 Å². The number of rotatable bonds is 4. The second kappa shape index (κ2) is 5.00. The van der Waals surface area contributed by atoms with Crippen LogP contribution in [0.3, 0.4) is 0 Å². The van der Waals surface area contributed by atoms with Gasteiger partial charge in [-0.1, -0.05) is 0 Å². The largest absolute Gasteiger partial charge is 0.389 e. The molecular weight excluding hydrogens is 223 g/mol. The molecule has 1 amide bonds. The lowest BCUT2D eigenvalue weighted by molar-refractivity contribution is -0.148. The number of hydrogen-bond donors (Lipinski definition) is 1. The van der Waals surface area contributed by atoms with Crippen LogP contribution in [0.2, 0.25) is 0 Å². The molecule has 7 heteroatoms. The summed E-state index contributed by atoms with van der Waals surface area (Å²) in [4.78, 5) is 19.2. The Hall–Kier alpha value is -1.53. The Morgan fingerprint density at radius 3 is 2.75 bits per heavy atom. The van der Waals surface area contributed by atoms with Gasteiger partial charge in [0.1, 0.15) is 5.82 Å². The fourth-order valence-electron chi connectivity index (χ4n) is 1.14. The minimum atomic E-state index is -4.29. The van der Waals surface area contributed by atoms with E-state index >= 15 is 0 Å². The van der Waals surface area contributed by atoms with Crippen LogP contribution in [0, 0.1) is 0 Å². The molecule has 1 N–H and O–H groups in total. The van der Waals surface area contributed by atoms with E-state index in [2.05, 4.69) is 9.97 Å². The van der Waals surface area contributed by atoms with Gasteiger partial charge in [0, 0.05) is 25.9 Å². The number of carbonyl (C=O) groups excluding carboxylic acids is 1. The molecule has 0 atom stereocenters. The van der Waals surface area contributed by atoms with Gasteiger partial charge in [0.2, 0.25) is 5.91 Å². The predicted octanol–water partition coefficient (Wildman–Crippen LogP) is 1.71. The molecule has 0 saturated carbocycles. The van der Waals surface area contributed by atoms with Crippen LogP contribution in [0.4, 0.5) is 13.2 Å². The molecule has 4 nitrogen and oxygen atoms in total. The highest BCUT2D eigenvalue weighted by molar-refractivity contribution is 5.75. The molecule has 0 unspecified atom stereocenters. The van der Waals surface area contributed by atoms with Gasteiger partial charge in [-0.3, -0.25) is 4.79 Å². The first-order chi connectivity index (χ1) is 7.38. The maximum absolute atomic E-state index is 11.9. The van der Waals surface area contributed by atoms with Crippen molar-refractivity contribution >= 4 is 5.91 Å². The zero-order chi connectivity index (χ0) is 12.2. The zero-order valence-electron chi connectivity index (χ0n) is 8.71. The Bertz CT molecular complexity index is 334. The van der Waals surface area contributed by atoms with Gasteiger partial charge in [-0.15, -0.1) is 0 Å². The van der Waals surface area contributed by atoms with Crippen molar-refractivity contribution in [2.24, 2.45) is 0 Å². The number of halogens is 3. The van der Waals surface area contributed by atoms with E-state index in [-0.39, 0.29) is 6.54 Å². The lowest BCUT2D eigenvalue weighted by atomic mass is 10.3. The summed E-state index contributed by atoms with van der Waals surface area (Å²) in [6.45, 7) is 0.184. The average molecular weight is 235 g/mol. The number of hydrogen-bond acceptors (Lipinski definition) is 2. The van der Waals surface area contributed by atoms with Crippen LogP contribution in [0.25, 0.3) is 0 Å². The first-order valence-electron chi connectivity index (χ1n) is 4.67. The second-order valence-corrected chi connectivity index (χ2v) is 3.40. The highest BCUT2D eigenvalue weighted by atomic mass is 19.4. The fourth-order valence-corrected chi connectivity index (χ4v) is 1.14. The highest BCUT2D eigenvalue weighted by Crippen LogP contribution is 2.21. The van der Waals surface area contributed by atoms with Gasteiger partial charge >= 0.3 is 6.18 Å². The van der Waals surface area contributed by atoms with Crippen molar-refractivity contribution in [2.75, 3.05) is 7.05 Å². The van der Waals surface area contributed by atoms with Crippen molar-refractivity contribution in [3.8, 4) is 0 Å². The standard InChI is InChI=1S/C9H12F3N3O/c1-15(6-7-13-4-5-14-7)8(16)2-3-9(10,11)12/h4-5H,2-3,6H2,1H3,(H,13,14). The molecule has 1 heterocycles. The molecule has 0 aliphatic heterocycles. The maximum atomic E-state index is 11.9. The number of alkyl halides is 3.